The molecule has 3 rings (SSSR count). The largest absolute Gasteiger partial charge is 0.356 e. The maximum atomic E-state index is 13.2. The molecule has 0 fully saturated rings. The van der Waals surface area contributed by atoms with E-state index in [1.807, 2.05) is 0 Å². The predicted molar refractivity (Wildman–Crippen MR) is 73.4 cm³/mol. The molecule has 0 amide bonds. The molecule has 0 saturated heterocycles. The van der Waals surface area contributed by atoms with E-state index in [1.54, 1.807) is 12.1 Å². The maximum Gasteiger partial charge on any atom is 0.204 e. The van der Waals surface area contributed by atoms with E-state index >= 15 is 0 Å². The molecule has 2 aromatic rings. The molecule has 1 N–H and O–H groups in total. The molecule has 18 heavy (non-hydrogen) atoms. The molecule has 0 saturated carbocycles. The van der Waals surface area contributed by atoms with E-state index in [4.69, 9.17) is 11.6 Å². The van der Waals surface area contributed by atoms with E-state index in [2.05, 4.69) is 30.8 Å². The summed E-state index contributed by atoms with van der Waals surface area (Å²) in [7, 11) is 0. The minimum atomic E-state index is -0.418. The average molecular weight is 331 g/mol. The van der Waals surface area contributed by atoms with Gasteiger partial charge in [-0.25, -0.2) is 9.37 Å². The molecule has 0 radical (unpaired) electrons. The SMILES string of the molecule is Fc1ccc(-c2nc3n(c2Br)CCCN3)cc1Cl. The van der Waals surface area contributed by atoms with Gasteiger partial charge in [0.25, 0.3) is 0 Å². The van der Waals surface area contributed by atoms with Crippen LogP contribution in [0, 0.1) is 5.82 Å². The van der Waals surface area contributed by atoms with Crippen LogP contribution < -0.4 is 5.32 Å². The molecule has 1 aliphatic rings. The molecule has 3 nitrogen and oxygen atoms in total. The van der Waals surface area contributed by atoms with Gasteiger partial charge in [0.05, 0.1) is 5.02 Å². The lowest BCUT2D eigenvalue weighted by Gasteiger charge is -2.15. The minimum Gasteiger partial charge on any atom is -0.356 e. The Labute approximate surface area is 117 Å². The third-order valence-corrected chi connectivity index (χ3v) is 4.03. The molecule has 6 heteroatoms. The van der Waals surface area contributed by atoms with Gasteiger partial charge in [0.2, 0.25) is 5.95 Å². The summed E-state index contributed by atoms with van der Waals surface area (Å²) in [6.07, 6.45) is 1.06. The number of anilines is 1. The summed E-state index contributed by atoms with van der Waals surface area (Å²) >= 11 is 9.34. The van der Waals surface area contributed by atoms with Gasteiger partial charge >= 0.3 is 0 Å². The van der Waals surface area contributed by atoms with Crippen molar-refractivity contribution < 1.29 is 4.39 Å². The van der Waals surface area contributed by atoms with Gasteiger partial charge in [-0.1, -0.05) is 11.6 Å². The summed E-state index contributed by atoms with van der Waals surface area (Å²) in [5.41, 5.74) is 1.58. The quantitative estimate of drug-likeness (QED) is 0.859. The van der Waals surface area contributed by atoms with Gasteiger partial charge < -0.3 is 9.88 Å². The van der Waals surface area contributed by atoms with E-state index in [-0.39, 0.29) is 5.02 Å². The minimum absolute atomic E-state index is 0.110. The molecule has 0 unspecified atom stereocenters. The van der Waals surface area contributed by atoms with Gasteiger partial charge in [-0.05, 0) is 40.5 Å². The van der Waals surface area contributed by atoms with E-state index < -0.39 is 5.82 Å². The second kappa shape index (κ2) is 4.55. The summed E-state index contributed by atoms with van der Waals surface area (Å²) in [6, 6.07) is 4.63. The smallest absolute Gasteiger partial charge is 0.204 e. The number of halogens is 3. The first kappa shape index (κ1) is 12.0. The highest BCUT2D eigenvalue weighted by atomic mass is 79.9. The van der Waals surface area contributed by atoms with E-state index in [0.717, 1.165) is 41.3 Å². The monoisotopic (exact) mass is 329 g/mol. The third-order valence-electron chi connectivity index (χ3n) is 2.94. The number of fused-ring (bicyclic) bond motifs is 1. The van der Waals surface area contributed by atoms with Crippen LogP contribution in [0.2, 0.25) is 5.02 Å². The highest BCUT2D eigenvalue weighted by Crippen LogP contribution is 2.33. The second-order valence-electron chi connectivity index (χ2n) is 4.14. The van der Waals surface area contributed by atoms with E-state index in [1.165, 1.54) is 6.07 Å². The number of hydrogen-bond donors (Lipinski definition) is 1. The zero-order valence-corrected chi connectivity index (χ0v) is 11.7. The van der Waals surface area contributed by atoms with Crippen LogP contribution in [0.5, 0.6) is 0 Å². The van der Waals surface area contributed by atoms with Crippen LogP contribution in [0.15, 0.2) is 22.8 Å². The number of aromatic nitrogens is 2. The molecule has 1 aromatic carbocycles. The Balaban J connectivity index is 2.11. The fourth-order valence-corrected chi connectivity index (χ4v) is 2.88. The summed E-state index contributed by atoms with van der Waals surface area (Å²) < 4.78 is 16.1. The molecule has 2 heterocycles. The van der Waals surface area contributed by atoms with Crippen molar-refractivity contribution in [2.24, 2.45) is 0 Å². The highest BCUT2D eigenvalue weighted by Gasteiger charge is 2.19. The van der Waals surface area contributed by atoms with E-state index in [0.29, 0.717) is 0 Å². The van der Waals surface area contributed by atoms with Crippen molar-refractivity contribution in [3.63, 3.8) is 0 Å². The van der Waals surface area contributed by atoms with Gasteiger partial charge in [0, 0.05) is 18.7 Å². The fraction of sp³-hybridized carbons (Fsp3) is 0.250. The lowest BCUT2D eigenvalue weighted by atomic mass is 10.2. The topological polar surface area (TPSA) is 29.9 Å². The number of hydrogen-bond acceptors (Lipinski definition) is 2. The van der Waals surface area contributed by atoms with Gasteiger partial charge in [0.1, 0.15) is 16.1 Å². The summed E-state index contributed by atoms with van der Waals surface area (Å²) in [4.78, 5) is 4.52. The van der Waals surface area contributed by atoms with Crippen molar-refractivity contribution in [2.45, 2.75) is 13.0 Å². The summed E-state index contributed by atoms with van der Waals surface area (Å²) in [6.45, 7) is 1.85. The Morgan fingerprint density at radius 3 is 3.00 bits per heavy atom. The molecule has 1 aliphatic heterocycles. The van der Waals surface area contributed by atoms with Crippen molar-refractivity contribution in [3.8, 4) is 11.3 Å². The molecule has 94 valence electrons. The van der Waals surface area contributed by atoms with Crippen LogP contribution in [0.4, 0.5) is 10.3 Å². The zero-order chi connectivity index (χ0) is 12.7. The molecule has 0 aliphatic carbocycles. The number of rotatable bonds is 1. The zero-order valence-electron chi connectivity index (χ0n) is 9.38. The average Bonchev–Trinajstić information content (AvgIpc) is 2.71. The predicted octanol–water partition coefficient (Wildman–Crippen LogP) is 3.92. The molecular weight excluding hydrogens is 321 g/mol. The third kappa shape index (κ3) is 1.91. The maximum absolute atomic E-state index is 13.2. The van der Waals surface area contributed by atoms with Gasteiger partial charge in [0.15, 0.2) is 0 Å². The number of benzene rings is 1. The first-order valence-electron chi connectivity index (χ1n) is 5.62. The first-order chi connectivity index (χ1) is 8.66. The van der Waals surface area contributed by atoms with Crippen molar-refractivity contribution in [1.82, 2.24) is 9.55 Å². The molecule has 0 bridgehead atoms. The number of nitrogens with zero attached hydrogens (tertiary/aromatic N) is 2. The molecule has 0 atom stereocenters. The molecule has 0 spiro atoms. The molecule has 1 aromatic heterocycles. The van der Waals surface area contributed by atoms with E-state index in [9.17, 15) is 4.39 Å². The lowest BCUT2D eigenvalue weighted by molar-refractivity contribution is 0.618. The Hall–Kier alpha value is -1.07. The Kier molecular flexibility index (Phi) is 3.03. The van der Waals surface area contributed by atoms with Crippen molar-refractivity contribution in [3.05, 3.63) is 33.6 Å². The Bertz CT molecular complexity index is 612. The standard InChI is InChI=1S/C12H10BrClFN3/c13-11-10(7-2-3-9(15)8(14)6-7)17-12-16-4-1-5-18(11)12/h2-3,6H,1,4-5H2,(H,16,17). The first-order valence-corrected chi connectivity index (χ1v) is 6.79. The second-order valence-corrected chi connectivity index (χ2v) is 5.29. The van der Waals surface area contributed by atoms with Gasteiger partial charge in [-0.2, -0.15) is 0 Å². The Morgan fingerprint density at radius 1 is 1.44 bits per heavy atom. The number of imidazole rings is 1. The summed E-state index contributed by atoms with van der Waals surface area (Å²) in [5.74, 6) is 0.419. The van der Waals surface area contributed by atoms with Crippen molar-refractivity contribution >= 4 is 33.5 Å². The van der Waals surface area contributed by atoms with Crippen molar-refractivity contribution in [1.29, 1.82) is 0 Å². The van der Waals surface area contributed by atoms with Crippen LogP contribution in [0.1, 0.15) is 6.42 Å². The van der Waals surface area contributed by atoms with Gasteiger partial charge in [-0.15, -0.1) is 0 Å². The van der Waals surface area contributed by atoms with Crippen LogP contribution in [0.25, 0.3) is 11.3 Å². The summed E-state index contributed by atoms with van der Waals surface area (Å²) in [5, 5.41) is 3.34. The lowest BCUT2D eigenvalue weighted by Crippen LogP contribution is -2.17. The van der Waals surface area contributed by atoms with Crippen LogP contribution in [0.3, 0.4) is 0 Å². The van der Waals surface area contributed by atoms with Crippen molar-refractivity contribution in [2.75, 3.05) is 11.9 Å². The van der Waals surface area contributed by atoms with Gasteiger partial charge in [-0.3, -0.25) is 0 Å². The normalized spacial score (nSPS) is 14.2. The van der Waals surface area contributed by atoms with Crippen LogP contribution >= 0.6 is 27.5 Å². The Morgan fingerprint density at radius 2 is 2.28 bits per heavy atom. The number of nitrogens with one attached hydrogen (secondary N) is 1. The highest BCUT2D eigenvalue weighted by molar-refractivity contribution is 9.10. The van der Waals surface area contributed by atoms with Crippen LogP contribution in [-0.4, -0.2) is 16.1 Å². The van der Waals surface area contributed by atoms with Crippen LogP contribution in [-0.2, 0) is 6.54 Å². The molecular formula is C12H10BrClFN3. The fourth-order valence-electron chi connectivity index (χ4n) is 2.04.